The number of sulfonamides is 1. The number of nitrogens with one attached hydrogen (secondary N) is 3. The molecule has 3 atom stereocenters. The van der Waals surface area contributed by atoms with E-state index in [2.05, 4.69) is 16.0 Å². The zero-order valence-corrected chi connectivity index (χ0v) is 27.7. The van der Waals surface area contributed by atoms with Gasteiger partial charge in [0.1, 0.15) is 5.75 Å². The monoisotopic (exact) mass is 656 g/mol. The van der Waals surface area contributed by atoms with Crippen LogP contribution in [0, 0.1) is 0 Å². The van der Waals surface area contributed by atoms with Crippen molar-refractivity contribution in [3.05, 3.63) is 125 Å². The van der Waals surface area contributed by atoms with Gasteiger partial charge in [0.15, 0.2) is 0 Å². The first-order valence-electron chi connectivity index (χ1n) is 16.1. The SMILES string of the molecule is CCNc1cc(C(=O)N[C@@H](Cc2ccccc2)[C@H](O)CNCc2cccc(OC)c2)cc(N2CC(c3ccccc3)CCS2(=O)=O)c1. The van der Waals surface area contributed by atoms with E-state index in [0.717, 1.165) is 22.4 Å². The lowest BCUT2D eigenvalue weighted by atomic mass is 9.96. The minimum absolute atomic E-state index is 0.0215. The number of anilines is 2. The van der Waals surface area contributed by atoms with Gasteiger partial charge in [-0.3, -0.25) is 9.10 Å². The zero-order chi connectivity index (χ0) is 33.2. The van der Waals surface area contributed by atoms with E-state index in [4.69, 9.17) is 4.74 Å². The number of methoxy groups -OCH3 is 1. The molecule has 4 N–H and O–H groups in total. The summed E-state index contributed by atoms with van der Waals surface area (Å²) in [5, 5.41) is 21.0. The van der Waals surface area contributed by atoms with E-state index in [0.29, 0.717) is 42.9 Å². The van der Waals surface area contributed by atoms with Crippen LogP contribution in [-0.4, -0.2) is 64.1 Å². The highest BCUT2D eigenvalue weighted by Gasteiger charge is 2.33. The van der Waals surface area contributed by atoms with Crippen molar-refractivity contribution in [1.29, 1.82) is 0 Å². The molecule has 0 saturated carbocycles. The number of ether oxygens (including phenoxy) is 1. The van der Waals surface area contributed by atoms with E-state index in [-0.39, 0.29) is 24.8 Å². The molecule has 248 valence electrons. The van der Waals surface area contributed by atoms with Gasteiger partial charge in [0, 0.05) is 43.3 Å². The summed E-state index contributed by atoms with van der Waals surface area (Å²) >= 11 is 0. The first-order valence-corrected chi connectivity index (χ1v) is 17.7. The molecule has 0 aromatic heterocycles. The molecule has 1 unspecified atom stereocenters. The Labute approximate surface area is 278 Å². The Balaban J connectivity index is 1.37. The highest BCUT2D eigenvalue weighted by atomic mass is 32.2. The first kappa shape index (κ1) is 34.0. The zero-order valence-electron chi connectivity index (χ0n) is 26.9. The fraction of sp³-hybridized carbons (Fsp3) is 0.324. The standard InChI is InChI=1S/C37H44N4O5S/c1-3-39-32-21-31(22-33(23-32)41-26-30(17-18-47(41,44)45)29-14-8-5-9-15-29)37(43)40-35(20-27-11-6-4-7-12-27)36(42)25-38-24-28-13-10-16-34(19-28)46-2/h4-16,19,21-23,30,35-36,38-39,42H,3,17-18,20,24-26H2,1-2H3,(H,40,43)/t30?,35-,36+/m0/s1. The van der Waals surface area contributed by atoms with Crippen LogP contribution in [0.15, 0.2) is 103 Å². The number of carbonyl (C=O) groups excluding carboxylic acids is 1. The Morgan fingerprint density at radius 3 is 2.40 bits per heavy atom. The molecule has 5 rings (SSSR count). The van der Waals surface area contributed by atoms with E-state index >= 15 is 0 Å². The summed E-state index contributed by atoms with van der Waals surface area (Å²) in [6, 6.07) is 31.9. The first-order chi connectivity index (χ1) is 22.8. The molecule has 1 amide bonds. The molecule has 1 fully saturated rings. The molecule has 1 aliphatic rings. The van der Waals surface area contributed by atoms with Gasteiger partial charge < -0.3 is 25.8 Å². The molecule has 1 heterocycles. The van der Waals surface area contributed by atoms with Crippen LogP contribution in [0.2, 0.25) is 0 Å². The molecule has 1 aliphatic heterocycles. The molecular weight excluding hydrogens is 612 g/mol. The van der Waals surface area contributed by atoms with Crippen LogP contribution >= 0.6 is 0 Å². The summed E-state index contributed by atoms with van der Waals surface area (Å²) in [4.78, 5) is 13.9. The summed E-state index contributed by atoms with van der Waals surface area (Å²) in [6.45, 7) is 3.59. The third-order valence-corrected chi connectivity index (χ3v) is 10.2. The van der Waals surface area contributed by atoms with Gasteiger partial charge in [-0.15, -0.1) is 0 Å². The predicted octanol–water partition coefficient (Wildman–Crippen LogP) is 4.94. The van der Waals surface area contributed by atoms with E-state index in [1.807, 2.05) is 91.9 Å². The molecule has 4 aromatic rings. The van der Waals surface area contributed by atoms with Gasteiger partial charge in [0.2, 0.25) is 10.0 Å². The molecule has 4 aromatic carbocycles. The van der Waals surface area contributed by atoms with Crippen molar-refractivity contribution in [2.75, 3.05) is 42.1 Å². The van der Waals surface area contributed by atoms with Crippen molar-refractivity contribution in [1.82, 2.24) is 10.6 Å². The Morgan fingerprint density at radius 2 is 1.68 bits per heavy atom. The number of hydrogen-bond donors (Lipinski definition) is 4. The molecular formula is C37H44N4O5S. The number of rotatable bonds is 14. The van der Waals surface area contributed by atoms with Crippen molar-refractivity contribution in [2.24, 2.45) is 0 Å². The summed E-state index contributed by atoms with van der Waals surface area (Å²) in [5.74, 6) is 0.418. The maximum atomic E-state index is 13.9. The second-order valence-electron chi connectivity index (χ2n) is 11.9. The van der Waals surface area contributed by atoms with Crippen LogP contribution in [0.5, 0.6) is 5.75 Å². The van der Waals surface area contributed by atoms with Crippen molar-refractivity contribution < 1.29 is 23.1 Å². The number of carbonyl (C=O) groups is 1. The van der Waals surface area contributed by atoms with Crippen LogP contribution in [0.3, 0.4) is 0 Å². The Bertz CT molecular complexity index is 1720. The number of aliphatic hydroxyl groups is 1. The van der Waals surface area contributed by atoms with Crippen LogP contribution in [0.25, 0.3) is 0 Å². The van der Waals surface area contributed by atoms with Gasteiger partial charge in [0.05, 0.1) is 30.7 Å². The Kier molecular flexibility index (Phi) is 11.5. The predicted molar refractivity (Wildman–Crippen MR) is 188 cm³/mol. The third kappa shape index (κ3) is 9.12. The van der Waals surface area contributed by atoms with E-state index < -0.39 is 28.1 Å². The van der Waals surface area contributed by atoms with Crippen LogP contribution in [-0.2, 0) is 23.0 Å². The largest absolute Gasteiger partial charge is 0.497 e. The van der Waals surface area contributed by atoms with Crippen LogP contribution in [0.4, 0.5) is 11.4 Å². The highest BCUT2D eigenvalue weighted by molar-refractivity contribution is 7.92. The Morgan fingerprint density at radius 1 is 0.957 bits per heavy atom. The number of benzene rings is 4. The summed E-state index contributed by atoms with van der Waals surface area (Å²) < 4.78 is 33.5. The van der Waals surface area contributed by atoms with E-state index in [1.54, 1.807) is 25.3 Å². The number of nitrogens with zero attached hydrogens (tertiary/aromatic N) is 1. The fourth-order valence-corrected chi connectivity index (χ4v) is 7.59. The Hall–Kier alpha value is -4.38. The van der Waals surface area contributed by atoms with E-state index in [9.17, 15) is 18.3 Å². The number of amides is 1. The topological polar surface area (TPSA) is 120 Å². The van der Waals surface area contributed by atoms with Crippen LogP contribution < -0.4 is 25.0 Å². The second kappa shape index (κ2) is 15.9. The van der Waals surface area contributed by atoms with Gasteiger partial charge in [-0.1, -0.05) is 72.8 Å². The highest BCUT2D eigenvalue weighted by Crippen LogP contribution is 2.34. The number of aliphatic hydroxyl groups excluding tert-OH is 1. The summed E-state index contributed by atoms with van der Waals surface area (Å²) in [5.41, 5.74) is 4.46. The second-order valence-corrected chi connectivity index (χ2v) is 13.9. The lowest BCUT2D eigenvalue weighted by molar-refractivity contribution is 0.0830. The minimum atomic E-state index is -3.59. The average Bonchev–Trinajstić information content (AvgIpc) is 3.08. The lowest BCUT2D eigenvalue weighted by Crippen LogP contribution is -2.48. The molecule has 9 nitrogen and oxygen atoms in total. The lowest BCUT2D eigenvalue weighted by Gasteiger charge is -2.34. The minimum Gasteiger partial charge on any atom is -0.497 e. The van der Waals surface area contributed by atoms with Gasteiger partial charge >= 0.3 is 0 Å². The summed E-state index contributed by atoms with van der Waals surface area (Å²) in [7, 11) is -1.97. The fourth-order valence-electron chi connectivity index (χ4n) is 5.95. The molecule has 47 heavy (non-hydrogen) atoms. The average molecular weight is 657 g/mol. The maximum Gasteiger partial charge on any atom is 0.251 e. The molecule has 0 aliphatic carbocycles. The van der Waals surface area contributed by atoms with Gasteiger partial charge in [-0.2, -0.15) is 0 Å². The molecule has 0 bridgehead atoms. The smallest absolute Gasteiger partial charge is 0.251 e. The molecule has 0 spiro atoms. The van der Waals surface area contributed by atoms with Gasteiger partial charge in [-0.05, 0) is 66.8 Å². The van der Waals surface area contributed by atoms with Gasteiger partial charge in [-0.25, -0.2) is 8.42 Å². The third-order valence-electron chi connectivity index (χ3n) is 8.46. The molecule has 10 heteroatoms. The van der Waals surface area contributed by atoms with Crippen molar-refractivity contribution >= 4 is 27.3 Å². The molecule has 0 radical (unpaired) electrons. The van der Waals surface area contributed by atoms with Crippen molar-refractivity contribution in [3.63, 3.8) is 0 Å². The quantitative estimate of drug-likeness (QED) is 0.152. The van der Waals surface area contributed by atoms with Crippen LogP contribution in [0.1, 0.15) is 46.3 Å². The van der Waals surface area contributed by atoms with Crippen molar-refractivity contribution in [3.8, 4) is 5.75 Å². The maximum absolute atomic E-state index is 13.9. The van der Waals surface area contributed by atoms with Crippen molar-refractivity contribution in [2.45, 2.75) is 44.4 Å². The van der Waals surface area contributed by atoms with E-state index in [1.165, 1.54) is 4.31 Å². The summed E-state index contributed by atoms with van der Waals surface area (Å²) in [6.07, 6.45) is 0.0389. The number of hydrogen-bond acceptors (Lipinski definition) is 7. The normalized spacial score (nSPS) is 17.0. The molecule has 1 saturated heterocycles. The van der Waals surface area contributed by atoms with Gasteiger partial charge in [0.25, 0.3) is 5.91 Å².